The van der Waals surface area contributed by atoms with Crippen LogP contribution in [0.1, 0.15) is 290 Å². The first-order valence-electron chi connectivity index (χ1n) is 32.9. The second-order valence-electron chi connectivity index (χ2n) is 22.4. The molecule has 0 amide bonds. The molecule has 0 aromatic heterocycles. The van der Waals surface area contributed by atoms with Crippen LogP contribution in [0.2, 0.25) is 0 Å². The first-order chi connectivity index (χ1) is 39.6. The molecule has 3 N–H and O–H groups in total. The van der Waals surface area contributed by atoms with Crippen LogP contribution in [0.4, 0.5) is 0 Å². The van der Waals surface area contributed by atoms with Gasteiger partial charge >= 0.3 is 23.9 Å². The fraction of sp³-hybridized carbons (Fsp3) is 0.768. The van der Waals surface area contributed by atoms with E-state index in [0.29, 0.717) is 19.3 Å². The van der Waals surface area contributed by atoms with Crippen molar-refractivity contribution >= 4 is 23.9 Å². The molecule has 0 saturated carbocycles. The van der Waals surface area contributed by atoms with Crippen molar-refractivity contribution in [3.63, 3.8) is 0 Å². The average molecular weight is 1140 g/mol. The van der Waals surface area contributed by atoms with Gasteiger partial charge in [0.05, 0.1) is 6.61 Å². The molecular formula is C69H118O12. The maximum atomic E-state index is 13.2. The van der Waals surface area contributed by atoms with E-state index in [1.165, 1.54) is 128 Å². The fourth-order valence-corrected chi connectivity index (χ4v) is 9.74. The molecule has 0 radical (unpaired) electrons. The number of aliphatic hydroxyl groups excluding tert-OH is 2. The van der Waals surface area contributed by atoms with Gasteiger partial charge in [-0.25, -0.2) is 4.79 Å². The lowest BCUT2D eigenvalue weighted by Crippen LogP contribution is -2.61. The van der Waals surface area contributed by atoms with Crippen molar-refractivity contribution < 1.29 is 58.2 Å². The Balaban J connectivity index is 2.65. The zero-order chi connectivity index (χ0) is 58.9. The number of unbranched alkanes of at least 4 members (excludes halogenated alkanes) is 30. The van der Waals surface area contributed by atoms with Crippen molar-refractivity contribution in [2.45, 2.75) is 327 Å². The summed E-state index contributed by atoms with van der Waals surface area (Å²) in [5.74, 6) is -3.15. The van der Waals surface area contributed by atoms with E-state index in [-0.39, 0.29) is 25.9 Å². The Bertz CT molecular complexity index is 1680. The summed E-state index contributed by atoms with van der Waals surface area (Å²) in [6.07, 6.45) is 60.0. The van der Waals surface area contributed by atoms with Crippen LogP contribution in [-0.4, -0.2) is 89.2 Å². The fourth-order valence-electron chi connectivity index (χ4n) is 9.74. The van der Waals surface area contributed by atoms with Crippen LogP contribution in [0.5, 0.6) is 0 Å². The predicted molar refractivity (Wildman–Crippen MR) is 331 cm³/mol. The molecule has 1 heterocycles. The van der Waals surface area contributed by atoms with Crippen molar-refractivity contribution in [2.75, 3.05) is 13.2 Å². The number of hydrogen-bond acceptors (Lipinski definition) is 11. The van der Waals surface area contributed by atoms with Gasteiger partial charge in [0.25, 0.3) is 0 Å². The Morgan fingerprint density at radius 2 is 0.778 bits per heavy atom. The number of carboxylic acids is 1. The highest BCUT2D eigenvalue weighted by molar-refractivity contribution is 5.74. The topological polar surface area (TPSA) is 175 Å². The average Bonchev–Trinajstić information content (AvgIpc) is 3.45. The molecule has 0 aromatic rings. The lowest BCUT2D eigenvalue weighted by molar-refractivity contribution is -0.301. The second-order valence-corrected chi connectivity index (χ2v) is 22.4. The molecule has 6 atom stereocenters. The minimum atomic E-state index is -1.91. The van der Waals surface area contributed by atoms with Crippen LogP contribution in [0.15, 0.2) is 72.9 Å². The van der Waals surface area contributed by atoms with E-state index in [0.717, 1.165) is 103 Å². The van der Waals surface area contributed by atoms with Crippen LogP contribution in [-0.2, 0) is 42.9 Å². The maximum Gasteiger partial charge on any atom is 0.335 e. The molecular weight excluding hydrogens is 1020 g/mol. The van der Waals surface area contributed by atoms with Gasteiger partial charge in [0.15, 0.2) is 24.6 Å². The van der Waals surface area contributed by atoms with Crippen molar-refractivity contribution in [2.24, 2.45) is 0 Å². The van der Waals surface area contributed by atoms with Crippen LogP contribution in [0.3, 0.4) is 0 Å². The molecule has 12 nitrogen and oxygen atoms in total. The highest BCUT2D eigenvalue weighted by Crippen LogP contribution is 2.27. The summed E-state index contributed by atoms with van der Waals surface area (Å²) in [5.41, 5.74) is 0. The molecule has 0 spiro atoms. The van der Waals surface area contributed by atoms with Crippen molar-refractivity contribution in [3.05, 3.63) is 72.9 Å². The van der Waals surface area contributed by atoms with Gasteiger partial charge in [-0.2, -0.15) is 0 Å². The van der Waals surface area contributed by atoms with Gasteiger partial charge in [-0.15, -0.1) is 0 Å². The SMILES string of the molecule is CC/C=C\C/C=C\C/C=C\C/C=C\C/C=C\CCCCCC(=O)OCC(COC1OC(C(=O)O)C(O)C(O)C1OC(=O)CCCCCCCCCCC/C=C\CCCCCCCC)OC(=O)CCCCCCCCCCCCCCC. The Labute approximate surface area is 493 Å². The number of aliphatic carboxylic acids is 1. The largest absolute Gasteiger partial charge is 0.479 e. The number of aliphatic hydroxyl groups is 2. The molecule has 0 aromatic carbocycles. The van der Waals surface area contributed by atoms with Crippen molar-refractivity contribution in [3.8, 4) is 0 Å². The molecule has 1 fully saturated rings. The third-order valence-corrected chi connectivity index (χ3v) is 14.8. The molecule has 81 heavy (non-hydrogen) atoms. The van der Waals surface area contributed by atoms with Gasteiger partial charge in [-0.1, -0.05) is 254 Å². The van der Waals surface area contributed by atoms with Crippen LogP contribution >= 0.6 is 0 Å². The number of rotatable bonds is 56. The third-order valence-electron chi connectivity index (χ3n) is 14.8. The quantitative estimate of drug-likeness (QED) is 0.0228. The number of carbonyl (C=O) groups is 4. The standard InChI is InChI=1S/C69H118O12/c1-4-7-10-13-16-19-22-25-27-29-31-33-35-38-40-43-46-49-52-55-61(70)77-58-60(79-62(71)56-53-50-47-44-41-37-24-21-18-15-12-9-6-3)59-78-69-67(65(74)64(73)66(81-69)68(75)76)80-63(72)57-54-51-48-45-42-39-36-34-32-30-28-26-23-20-17-14-11-8-5-2/h7,10,16,19,25-28,31,33,38,40,60,64-67,69,73-74H,4-6,8-9,11-15,17-18,20-24,29-30,32,34-37,39,41-59H2,1-3H3,(H,75,76)/b10-7-,19-16-,27-25-,28-26-,33-31-,40-38-. The van der Waals surface area contributed by atoms with E-state index in [4.69, 9.17) is 23.7 Å². The third kappa shape index (κ3) is 46.3. The molecule has 1 aliphatic heterocycles. The molecule has 466 valence electrons. The molecule has 0 bridgehead atoms. The molecule has 0 aliphatic carbocycles. The second kappa shape index (κ2) is 56.6. The number of carboxylic acid groups (broad SMARTS) is 1. The Morgan fingerprint density at radius 1 is 0.420 bits per heavy atom. The van der Waals surface area contributed by atoms with E-state index in [9.17, 15) is 34.5 Å². The first kappa shape index (κ1) is 75.2. The molecule has 12 heteroatoms. The minimum Gasteiger partial charge on any atom is -0.479 e. The Kier molecular flexibility index (Phi) is 52.6. The summed E-state index contributed by atoms with van der Waals surface area (Å²) in [7, 11) is 0. The van der Waals surface area contributed by atoms with Gasteiger partial charge in [0.2, 0.25) is 0 Å². The summed E-state index contributed by atoms with van der Waals surface area (Å²) in [6.45, 7) is 5.88. The zero-order valence-corrected chi connectivity index (χ0v) is 51.5. The van der Waals surface area contributed by atoms with E-state index in [1.54, 1.807) is 0 Å². The van der Waals surface area contributed by atoms with Crippen LogP contribution in [0, 0.1) is 0 Å². The summed E-state index contributed by atoms with van der Waals surface area (Å²) in [6, 6.07) is 0. The van der Waals surface area contributed by atoms with E-state index < -0.39 is 67.3 Å². The Hall–Kier alpha value is -3.84. The lowest BCUT2D eigenvalue weighted by atomic mass is 9.98. The number of ether oxygens (including phenoxy) is 5. The number of allylic oxidation sites excluding steroid dienone is 12. The van der Waals surface area contributed by atoms with E-state index in [1.807, 2.05) is 0 Å². The monoisotopic (exact) mass is 1140 g/mol. The van der Waals surface area contributed by atoms with Crippen LogP contribution < -0.4 is 0 Å². The number of esters is 3. The van der Waals surface area contributed by atoms with Gasteiger partial charge in [0, 0.05) is 19.3 Å². The van der Waals surface area contributed by atoms with Gasteiger partial charge in [-0.05, 0) is 89.9 Å². The van der Waals surface area contributed by atoms with E-state index >= 15 is 0 Å². The van der Waals surface area contributed by atoms with Gasteiger partial charge < -0.3 is 39.0 Å². The normalized spacial score (nSPS) is 18.2. The van der Waals surface area contributed by atoms with E-state index in [2.05, 4.69) is 93.7 Å². The van der Waals surface area contributed by atoms with Crippen molar-refractivity contribution in [1.29, 1.82) is 0 Å². The van der Waals surface area contributed by atoms with Gasteiger partial charge in [-0.3, -0.25) is 14.4 Å². The summed E-state index contributed by atoms with van der Waals surface area (Å²) >= 11 is 0. The highest BCUT2D eigenvalue weighted by Gasteiger charge is 2.50. The van der Waals surface area contributed by atoms with Crippen molar-refractivity contribution in [1.82, 2.24) is 0 Å². The molecule has 1 aliphatic rings. The van der Waals surface area contributed by atoms with Gasteiger partial charge in [0.1, 0.15) is 18.8 Å². The molecule has 6 unspecified atom stereocenters. The summed E-state index contributed by atoms with van der Waals surface area (Å²) in [5, 5.41) is 31.6. The first-order valence-corrected chi connectivity index (χ1v) is 32.9. The van der Waals surface area contributed by atoms with Crippen LogP contribution in [0.25, 0.3) is 0 Å². The predicted octanol–water partition coefficient (Wildman–Crippen LogP) is 17.7. The zero-order valence-electron chi connectivity index (χ0n) is 51.5. The summed E-state index contributed by atoms with van der Waals surface area (Å²) < 4.78 is 28.5. The lowest BCUT2D eigenvalue weighted by Gasteiger charge is -2.40. The Morgan fingerprint density at radius 3 is 1.21 bits per heavy atom. The number of carbonyl (C=O) groups excluding carboxylic acids is 3. The molecule has 1 rings (SSSR count). The summed E-state index contributed by atoms with van der Waals surface area (Å²) in [4.78, 5) is 51.3. The highest BCUT2D eigenvalue weighted by atomic mass is 16.7. The number of hydrogen-bond donors (Lipinski definition) is 3. The maximum absolute atomic E-state index is 13.2. The molecule has 1 saturated heterocycles. The minimum absolute atomic E-state index is 0.0551. The smallest absolute Gasteiger partial charge is 0.335 e.